The van der Waals surface area contributed by atoms with Crippen LogP contribution in [-0.2, 0) is 16.6 Å². The minimum absolute atomic E-state index is 0.194. The van der Waals surface area contributed by atoms with Crippen LogP contribution in [0, 0.1) is 11.3 Å². The second-order valence-corrected chi connectivity index (χ2v) is 13.1. The molecule has 2 aromatic rings. The van der Waals surface area contributed by atoms with E-state index in [1.165, 1.54) is 11.1 Å². The van der Waals surface area contributed by atoms with E-state index < -0.39 is 11.7 Å². The van der Waals surface area contributed by atoms with Gasteiger partial charge in [-0.3, -0.25) is 0 Å². The van der Waals surface area contributed by atoms with Crippen LogP contribution in [0.2, 0.25) is 5.02 Å². The lowest BCUT2D eigenvalue weighted by Crippen LogP contribution is -2.53. The summed E-state index contributed by atoms with van der Waals surface area (Å²) in [5, 5.41) is 11.5. The van der Waals surface area contributed by atoms with Gasteiger partial charge in [0.05, 0.1) is 24.0 Å². The average Bonchev–Trinajstić information content (AvgIpc) is 3.01. The van der Waals surface area contributed by atoms with Crippen molar-refractivity contribution in [2.75, 3.05) is 24.6 Å². The van der Waals surface area contributed by atoms with E-state index in [2.05, 4.69) is 30.5 Å². The number of esters is 1. The Balaban J connectivity index is 1.55. The van der Waals surface area contributed by atoms with Crippen molar-refractivity contribution in [3.8, 4) is 5.75 Å². The van der Waals surface area contributed by atoms with E-state index in [0.29, 0.717) is 12.2 Å². The molecule has 5 nitrogen and oxygen atoms in total. The molecule has 1 saturated carbocycles. The van der Waals surface area contributed by atoms with E-state index in [9.17, 15) is 9.90 Å². The monoisotopic (exact) mass is 537 g/mol. The molecular weight excluding hydrogens is 498 g/mol. The Kier molecular flexibility index (Phi) is 7.06. The first kappa shape index (κ1) is 27.1. The number of ether oxygens (including phenoxy) is 2. The Morgan fingerprint density at radius 2 is 2.08 bits per heavy atom. The Morgan fingerprint density at radius 3 is 2.76 bits per heavy atom. The van der Waals surface area contributed by atoms with Gasteiger partial charge in [0.25, 0.3) is 0 Å². The number of carbonyl (C=O) groups is 1. The highest BCUT2D eigenvalue weighted by Gasteiger charge is 2.49. The fourth-order valence-electron chi connectivity index (χ4n) is 6.61. The van der Waals surface area contributed by atoms with Crippen LogP contribution in [0.3, 0.4) is 0 Å². The molecule has 38 heavy (non-hydrogen) atoms. The minimum Gasteiger partial charge on any atom is -0.490 e. The van der Waals surface area contributed by atoms with Crippen molar-refractivity contribution < 1.29 is 19.4 Å². The fourth-order valence-corrected chi connectivity index (χ4v) is 6.80. The highest BCUT2D eigenvalue weighted by atomic mass is 35.5. The van der Waals surface area contributed by atoms with Gasteiger partial charge in [0.2, 0.25) is 0 Å². The molecule has 6 heteroatoms. The van der Waals surface area contributed by atoms with Crippen LogP contribution in [0.4, 0.5) is 5.69 Å². The number of hydrogen-bond acceptors (Lipinski definition) is 5. The van der Waals surface area contributed by atoms with Gasteiger partial charge in [0, 0.05) is 28.9 Å². The first-order chi connectivity index (χ1) is 17.9. The van der Waals surface area contributed by atoms with E-state index in [4.69, 9.17) is 21.1 Å². The number of halogens is 1. The van der Waals surface area contributed by atoms with Crippen molar-refractivity contribution in [2.24, 2.45) is 11.3 Å². The molecule has 0 aromatic heterocycles. The molecule has 5 rings (SSSR count). The summed E-state index contributed by atoms with van der Waals surface area (Å²) in [5.41, 5.74) is 3.04. The third kappa shape index (κ3) is 4.96. The minimum atomic E-state index is -0.578. The lowest BCUT2D eigenvalue weighted by Gasteiger charge is -2.52. The van der Waals surface area contributed by atoms with Crippen molar-refractivity contribution in [1.82, 2.24) is 0 Å². The number of benzene rings is 2. The van der Waals surface area contributed by atoms with Crippen LogP contribution in [0.25, 0.3) is 0 Å². The molecule has 1 aliphatic heterocycles. The van der Waals surface area contributed by atoms with Crippen LogP contribution in [0.1, 0.15) is 74.9 Å². The molecule has 0 bridgehead atoms. The Hall–Kier alpha value is -2.50. The number of hydrogen-bond donors (Lipinski definition) is 1. The van der Waals surface area contributed by atoms with E-state index in [1.807, 2.05) is 39.0 Å². The molecule has 0 saturated heterocycles. The van der Waals surface area contributed by atoms with Gasteiger partial charge in [-0.1, -0.05) is 30.7 Å². The molecule has 1 spiro atoms. The van der Waals surface area contributed by atoms with Crippen LogP contribution in [0.15, 0.2) is 49.1 Å². The maximum absolute atomic E-state index is 13.0. The molecule has 3 aliphatic rings. The van der Waals surface area contributed by atoms with Gasteiger partial charge in [-0.05, 0) is 100 Å². The number of aryl methyl sites for hydroxylation is 1. The first-order valence-corrected chi connectivity index (χ1v) is 14.2. The van der Waals surface area contributed by atoms with Gasteiger partial charge < -0.3 is 19.5 Å². The number of rotatable bonds is 5. The van der Waals surface area contributed by atoms with Crippen molar-refractivity contribution >= 4 is 23.3 Å². The molecule has 1 N–H and O–H groups in total. The zero-order valence-corrected chi connectivity index (χ0v) is 23.8. The third-order valence-corrected chi connectivity index (χ3v) is 9.21. The maximum Gasteiger partial charge on any atom is 0.338 e. The molecule has 2 aliphatic carbocycles. The quantitative estimate of drug-likeness (QED) is 0.338. The molecular formula is C32H40ClNO4. The second-order valence-electron chi connectivity index (χ2n) is 12.7. The van der Waals surface area contributed by atoms with Crippen LogP contribution in [-0.4, -0.2) is 42.5 Å². The topological polar surface area (TPSA) is 59.0 Å². The zero-order valence-electron chi connectivity index (χ0n) is 23.1. The highest BCUT2D eigenvalue weighted by molar-refractivity contribution is 6.30. The molecule has 1 heterocycles. The summed E-state index contributed by atoms with van der Waals surface area (Å²) in [6, 6.07) is 11.9. The number of aliphatic hydroxyl groups excluding tert-OH is 1. The first-order valence-electron chi connectivity index (χ1n) is 13.8. The van der Waals surface area contributed by atoms with E-state index in [0.717, 1.165) is 61.7 Å². The number of nitrogens with zero attached hydrogens (tertiary/aromatic N) is 1. The molecule has 0 amide bonds. The van der Waals surface area contributed by atoms with E-state index in [1.54, 1.807) is 12.1 Å². The van der Waals surface area contributed by atoms with E-state index >= 15 is 0 Å². The van der Waals surface area contributed by atoms with Gasteiger partial charge in [-0.2, -0.15) is 0 Å². The summed E-state index contributed by atoms with van der Waals surface area (Å²) >= 11 is 6.38. The summed E-state index contributed by atoms with van der Waals surface area (Å²) in [4.78, 5) is 15.4. The number of carbonyl (C=O) groups excluding carboxylic acids is 1. The molecule has 1 unspecified atom stereocenters. The van der Waals surface area contributed by atoms with Crippen LogP contribution >= 0.6 is 11.6 Å². The number of aliphatic hydroxyl groups is 1. The van der Waals surface area contributed by atoms with Crippen molar-refractivity contribution in [3.63, 3.8) is 0 Å². The Labute approximate surface area is 231 Å². The van der Waals surface area contributed by atoms with Crippen molar-refractivity contribution in [3.05, 3.63) is 70.8 Å². The second kappa shape index (κ2) is 9.91. The van der Waals surface area contributed by atoms with Crippen molar-refractivity contribution in [2.45, 2.75) is 76.9 Å². The van der Waals surface area contributed by atoms with Crippen LogP contribution in [0.5, 0.6) is 5.75 Å². The number of fused-ring (bicyclic) bond motifs is 3. The lowest BCUT2D eigenvalue weighted by atomic mass is 9.58. The molecule has 2 aromatic carbocycles. The molecule has 0 radical (unpaired) electrons. The Morgan fingerprint density at radius 1 is 1.29 bits per heavy atom. The highest BCUT2D eigenvalue weighted by Crippen LogP contribution is 2.52. The molecule has 204 valence electrons. The van der Waals surface area contributed by atoms with Gasteiger partial charge in [0.1, 0.15) is 11.4 Å². The lowest BCUT2D eigenvalue weighted by molar-refractivity contribution is -0.0466. The third-order valence-electron chi connectivity index (χ3n) is 8.98. The Bertz CT molecular complexity index is 1240. The number of anilines is 1. The smallest absolute Gasteiger partial charge is 0.338 e. The van der Waals surface area contributed by atoms with Crippen molar-refractivity contribution in [1.29, 1.82) is 0 Å². The standard InChI is InChI=1S/C32H40ClNO4/c1-6-28(35)31(5)15-13-23(31)18-34-19-32(14-7-8-21-16-24(33)10-11-25(21)32)20-37-27-12-9-22(17-26(27)34)29(36)38-30(2,3)4/h6,9-12,16-17,23,28,35H,1,7-8,13-15,18-20H2,2-5H3/t23-,28+,31+,32?/m1/s1. The summed E-state index contributed by atoms with van der Waals surface area (Å²) in [7, 11) is 0. The average molecular weight is 538 g/mol. The summed E-state index contributed by atoms with van der Waals surface area (Å²) < 4.78 is 12.2. The maximum atomic E-state index is 13.0. The largest absolute Gasteiger partial charge is 0.490 e. The zero-order chi connectivity index (χ0) is 27.3. The van der Waals surface area contributed by atoms with Gasteiger partial charge in [-0.25, -0.2) is 4.79 Å². The van der Waals surface area contributed by atoms with Gasteiger partial charge >= 0.3 is 5.97 Å². The summed E-state index contributed by atoms with van der Waals surface area (Å²) in [6.07, 6.45) is 6.21. The summed E-state index contributed by atoms with van der Waals surface area (Å²) in [6.45, 7) is 13.7. The SMILES string of the molecule is C=C[C@H](O)[C@@]1(C)CC[C@@H]1CN1CC2(CCCc3cc(Cl)ccc32)COc2ccc(C(=O)OC(C)(C)C)cc21. The fraction of sp³-hybridized carbons (Fsp3) is 0.531. The summed E-state index contributed by atoms with van der Waals surface area (Å²) in [5.74, 6) is 0.727. The molecule has 1 fully saturated rings. The van der Waals surface area contributed by atoms with Gasteiger partial charge in [-0.15, -0.1) is 6.58 Å². The predicted octanol–water partition coefficient (Wildman–Crippen LogP) is 6.73. The predicted molar refractivity (Wildman–Crippen MR) is 152 cm³/mol. The molecule has 4 atom stereocenters. The normalized spacial score (nSPS) is 27.3. The van der Waals surface area contributed by atoms with Gasteiger partial charge in [0.15, 0.2) is 0 Å². The van der Waals surface area contributed by atoms with Crippen LogP contribution < -0.4 is 9.64 Å². The van der Waals surface area contributed by atoms with E-state index in [-0.39, 0.29) is 22.7 Å².